The Morgan fingerprint density at radius 3 is 2.89 bits per heavy atom. The molecule has 1 saturated heterocycles. The summed E-state index contributed by atoms with van der Waals surface area (Å²) >= 11 is 2.70. The molecule has 4 heterocycles. The molecule has 150 valence electrons. The van der Waals surface area contributed by atoms with Crippen molar-refractivity contribution in [3.63, 3.8) is 0 Å². The van der Waals surface area contributed by atoms with Gasteiger partial charge >= 0.3 is 5.97 Å². The molecular formula is C18H21N3O5S2. The third kappa shape index (κ3) is 3.00. The summed E-state index contributed by atoms with van der Waals surface area (Å²) in [6, 6.07) is -0.400. The zero-order chi connectivity index (χ0) is 20.2. The maximum Gasteiger partial charge on any atom is 0.353 e. The van der Waals surface area contributed by atoms with Gasteiger partial charge in [-0.25, -0.2) is 9.78 Å². The molecule has 0 saturated carbocycles. The number of nitrogens with zero attached hydrogens (tertiary/aromatic N) is 2. The number of β-lactam (4-membered cyclic amide) rings is 1. The first-order chi connectivity index (χ1) is 13.3. The van der Waals surface area contributed by atoms with Crippen LogP contribution in [0.25, 0.3) is 5.57 Å². The molecule has 1 fully saturated rings. The number of rotatable bonds is 6. The van der Waals surface area contributed by atoms with Gasteiger partial charge in [-0.1, -0.05) is 24.8 Å². The molecule has 3 aliphatic rings. The van der Waals surface area contributed by atoms with Crippen LogP contribution in [0.3, 0.4) is 0 Å². The van der Waals surface area contributed by atoms with E-state index in [1.165, 1.54) is 28.0 Å². The van der Waals surface area contributed by atoms with Crippen molar-refractivity contribution in [2.24, 2.45) is 11.8 Å². The maximum absolute atomic E-state index is 12.4. The van der Waals surface area contributed by atoms with Gasteiger partial charge in [-0.15, -0.1) is 11.3 Å². The molecule has 0 aromatic carbocycles. The summed E-state index contributed by atoms with van der Waals surface area (Å²) in [4.78, 5) is 30.8. The van der Waals surface area contributed by atoms with Crippen LogP contribution in [-0.4, -0.2) is 68.4 Å². The topological polar surface area (TPSA) is 123 Å². The first kappa shape index (κ1) is 19.6. The zero-order valence-electron chi connectivity index (χ0n) is 15.3. The van der Waals surface area contributed by atoms with E-state index in [4.69, 9.17) is 0 Å². The van der Waals surface area contributed by atoms with Gasteiger partial charge in [0.05, 0.1) is 30.4 Å². The summed E-state index contributed by atoms with van der Waals surface area (Å²) < 4.78 is 0.701. The number of carboxylic acid groups (broad SMARTS) is 1. The number of carboxylic acids is 1. The third-order valence-electron chi connectivity index (χ3n) is 5.47. The van der Waals surface area contributed by atoms with E-state index in [1.54, 1.807) is 6.92 Å². The molecular weight excluding hydrogens is 402 g/mol. The summed E-state index contributed by atoms with van der Waals surface area (Å²) in [7, 11) is 0. The first-order valence-electron chi connectivity index (χ1n) is 9.00. The average molecular weight is 424 g/mol. The normalized spacial score (nSPS) is 30.4. The second-order valence-electron chi connectivity index (χ2n) is 7.23. The number of nitrogens with one attached hydrogen (secondary N) is 1. The fraction of sp³-hybridized carbons (Fsp3) is 0.500. The Kier molecular flexibility index (Phi) is 5.09. The highest BCUT2D eigenvalue weighted by Gasteiger charge is 2.60. The predicted octanol–water partition coefficient (Wildman–Crippen LogP) is 0.736. The summed E-state index contributed by atoms with van der Waals surface area (Å²) in [5.74, 6) is -2.23. The standard InChI is InChI=1S/C18H21N3O5S2/c1-7-13-12(8(2)23)16(24)21(13)14(17(25)26)15(7)28-18-20-11(6-27-18)9-3-10(5-22)19-4-9/h3,6-8,10,12-13,19,22-23H,4-5H2,1-2H3,(H,25,26)/t7-,8-,10+,12-,13-/m1/s1. The van der Waals surface area contributed by atoms with Crippen LogP contribution in [0.4, 0.5) is 0 Å². The molecule has 1 aromatic heterocycles. The van der Waals surface area contributed by atoms with Gasteiger partial charge in [0.25, 0.3) is 0 Å². The SMILES string of the molecule is C[C@@H](O)[C@H]1C(=O)N2C(C(=O)O)=C(Sc3nc(C4=C[C@@H](CO)NC4)cs3)[C@H](C)[C@H]12. The lowest BCUT2D eigenvalue weighted by molar-refractivity contribution is -0.163. The molecule has 4 N–H and O–H groups in total. The molecule has 0 aliphatic carbocycles. The maximum atomic E-state index is 12.4. The molecule has 3 aliphatic heterocycles. The molecule has 4 rings (SSSR count). The number of hydrogen-bond donors (Lipinski definition) is 4. The molecule has 1 amide bonds. The zero-order valence-corrected chi connectivity index (χ0v) is 17.0. The van der Waals surface area contributed by atoms with E-state index in [9.17, 15) is 24.9 Å². The Labute approximate surface area is 170 Å². The minimum absolute atomic E-state index is 0.00300. The van der Waals surface area contributed by atoms with E-state index in [0.717, 1.165) is 11.3 Å². The minimum Gasteiger partial charge on any atom is -0.477 e. The van der Waals surface area contributed by atoms with Crippen molar-refractivity contribution in [1.29, 1.82) is 0 Å². The highest BCUT2D eigenvalue weighted by atomic mass is 32.2. The van der Waals surface area contributed by atoms with Gasteiger partial charge in [0.2, 0.25) is 5.91 Å². The van der Waals surface area contributed by atoms with Crippen LogP contribution in [0, 0.1) is 11.8 Å². The molecule has 1 aromatic rings. The van der Waals surface area contributed by atoms with Crippen LogP contribution >= 0.6 is 23.1 Å². The molecule has 10 heteroatoms. The van der Waals surface area contributed by atoms with Crippen LogP contribution in [0.2, 0.25) is 0 Å². The lowest BCUT2D eigenvalue weighted by Gasteiger charge is -2.46. The molecule has 0 unspecified atom stereocenters. The van der Waals surface area contributed by atoms with Crippen molar-refractivity contribution in [1.82, 2.24) is 15.2 Å². The summed E-state index contributed by atoms with van der Waals surface area (Å²) in [5.41, 5.74) is 1.81. The van der Waals surface area contributed by atoms with Crippen molar-refractivity contribution < 1.29 is 24.9 Å². The molecule has 8 nitrogen and oxygen atoms in total. The number of carbonyl (C=O) groups is 2. The Morgan fingerprint density at radius 1 is 1.54 bits per heavy atom. The van der Waals surface area contributed by atoms with Gasteiger partial charge in [-0.2, -0.15) is 0 Å². The van der Waals surface area contributed by atoms with Crippen LogP contribution in [0.15, 0.2) is 26.4 Å². The van der Waals surface area contributed by atoms with E-state index < -0.39 is 18.0 Å². The van der Waals surface area contributed by atoms with Crippen molar-refractivity contribution in [2.75, 3.05) is 13.2 Å². The molecule has 28 heavy (non-hydrogen) atoms. The molecule has 0 spiro atoms. The summed E-state index contributed by atoms with van der Waals surface area (Å²) in [6.45, 7) is 4.10. The van der Waals surface area contributed by atoms with E-state index in [2.05, 4.69) is 10.3 Å². The highest BCUT2D eigenvalue weighted by molar-refractivity contribution is 8.04. The number of thioether (sulfide) groups is 1. The summed E-state index contributed by atoms with van der Waals surface area (Å²) in [5, 5.41) is 33.9. The Hall–Kier alpha value is -1.72. The van der Waals surface area contributed by atoms with Crippen molar-refractivity contribution in [2.45, 2.75) is 36.4 Å². The quantitative estimate of drug-likeness (QED) is 0.494. The van der Waals surface area contributed by atoms with Gasteiger partial charge in [0, 0.05) is 28.8 Å². The third-order valence-corrected chi connectivity index (χ3v) is 7.70. The largest absolute Gasteiger partial charge is 0.477 e. The minimum atomic E-state index is -1.14. The van der Waals surface area contributed by atoms with Gasteiger partial charge in [0.15, 0.2) is 4.34 Å². The van der Waals surface area contributed by atoms with Crippen LogP contribution in [0.5, 0.6) is 0 Å². The number of amides is 1. The molecule has 5 atom stereocenters. The highest BCUT2D eigenvalue weighted by Crippen LogP contribution is 2.52. The predicted molar refractivity (Wildman–Crippen MR) is 104 cm³/mol. The molecule has 0 radical (unpaired) electrons. The monoisotopic (exact) mass is 423 g/mol. The number of carbonyl (C=O) groups excluding carboxylic acids is 1. The lowest BCUT2D eigenvalue weighted by atomic mass is 9.79. The number of aliphatic carboxylic acids is 1. The Balaban J connectivity index is 1.59. The van der Waals surface area contributed by atoms with Crippen LogP contribution in [0.1, 0.15) is 19.5 Å². The van der Waals surface area contributed by atoms with E-state index in [1.807, 2.05) is 18.4 Å². The van der Waals surface area contributed by atoms with Crippen LogP contribution < -0.4 is 5.32 Å². The van der Waals surface area contributed by atoms with Crippen LogP contribution in [-0.2, 0) is 9.59 Å². The smallest absolute Gasteiger partial charge is 0.353 e. The average Bonchev–Trinajstić information content (AvgIpc) is 3.33. The number of thiazole rings is 1. The number of aromatic nitrogens is 1. The number of aliphatic hydroxyl groups is 2. The van der Waals surface area contributed by atoms with E-state index in [-0.39, 0.29) is 36.2 Å². The van der Waals surface area contributed by atoms with Crippen molar-refractivity contribution in [3.8, 4) is 0 Å². The first-order valence-corrected chi connectivity index (χ1v) is 10.7. The number of hydrogen-bond acceptors (Lipinski definition) is 8. The fourth-order valence-corrected chi connectivity index (χ4v) is 6.21. The Morgan fingerprint density at radius 2 is 2.29 bits per heavy atom. The fourth-order valence-electron chi connectivity index (χ4n) is 4.10. The summed E-state index contributed by atoms with van der Waals surface area (Å²) in [6.07, 6.45) is 1.13. The van der Waals surface area contributed by atoms with Crippen molar-refractivity contribution in [3.05, 3.63) is 27.8 Å². The van der Waals surface area contributed by atoms with Gasteiger partial charge in [0.1, 0.15) is 5.70 Å². The number of fused-ring (bicyclic) bond motifs is 1. The van der Waals surface area contributed by atoms with E-state index >= 15 is 0 Å². The number of aliphatic hydroxyl groups excluding tert-OH is 2. The van der Waals surface area contributed by atoms with Gasteiger partial charge in [-0.3, -0.25) is 4.79 Å². The van der Waals surface area contributed by atoms with E-state index in [0.29, 0.717) is 15.8 Å². The second-order valence-corrected chi connectivity index (χ2v) is 9.38. The van der Waals surface area contributed by atoms with Gasteiger partial charge in [-0.05, 0) is 12.5 Å². The van der Waals surface area contributed by atoms with Gasteiger partial charge < -0.3 is 25.5 Å². The Bertz CT molecular complexity index is 894. The van der Waals surface area contributed by atoms with Crippen molar-refractivity contribution >= 4 is 40.5 Å². The lowest BCUT2D eigenvalue weighted by Crippen LogP contribution is -2.63. The second kappa shape index (κ2) is 7.27. The molecule has 0 bridgehead atoms.